The van der Waals surface area contributed by atoms with Crippen LogP contribution in [0, 0.1) is 74.2 Å². The summed E-state index contributed by atoms with van der Waals surface area (Å²) in [5.74, 6) is 6.91. The molecule has 0 bridgehead atoms. The van der Waals surface area contributed by atoms with Gasteiger partial charge in [-0.25, -0.2) is 0 Å². The van der Waals surface area contributed by atoms with Gasteiger partial charge in [0.1, 0.15) is 0 Å². The summed E-state index contributed by atoms with van der Waals surface area (Å²) in [6.45, 7) is 19.7. The molecule has 120 valence electrons. The number of hydrogen-bond donors (Lipinski definition) is 0. The summed E-state index contributed by atoms with van der Waals surface area (Å²) in [5, 5.41) is 0. The zero-order valence-corrected chi connectivity index (χ0v) is 16.1. The maximum absolute atomic E-state index is 3.47. The second-order valence-corrected chi connectivity index (χ2v) is 6.87. The molecule has 0 saturated heterocycles. The third kappa shape index (κ3) is 2.93. The molecule has 0 nitrogen and oxygen atoms in total. The lowest BCUT2D eigenvalue weighted by Crippen LogP contribution is -2.00. The van der Waals surface area contributed by atoms with E-state index in [1.165, 1.54) is 55.6 Å². The van der Waals surface area contributed by atoms with Gasteiger partial charge >= 0.3 is 0 Å². The fourth-order valence-corrected chi connectivity index (χ4v) is 3.16. The molecule has 0 saturated carbocycles. The van der Waals surface area contributed by atoms with Crippen LogP contribution in [0.1, 0.15) is 61.2 Å². The summed E-state index contributed by atoms with van der Waals surface area (Å²) in [6.07, 6.45) is 0. The largest absolute Gasteiger partial charge is 0.0613 e. The first-order valence-corrected chi connectivity index (χ1v) is 8.33. The van der Waals surface area contributed by atoms with Crippen LogP contribution in [0.15, 0.2) is 6.07 Å². The molecule has 0 unspecified atom stereocenters. The van der Waals surface area contributed by atoms with Crippen molar-refractivity contribution in [2.75, 3.05) is 0 Å². The van der Waals surface area contributed by atoms with E-state index in [0.717, 1.165) is 5.56 Å². The SMILES string of the molecule is Cc1cc(C#Cc2c(C)c(C)c(C)c(C)c2C)c(C)c(C)c1C. The summed E-state index contributed by atoms with van der Waals surface area (Å²) in [4.78, 5) is 0. The average Bonchev–Trinajstić information content (AvgIpc) is 2.53. The van der Waals surface area contributed by atoms with Gasteiger partial charge < -0.3 is 0 Å². The molecule has 23 heavy (non-hydrogen) atoms. The lowest BCUT2D eigenvalue weighted by atomic mass is 9.89. The Kier molecular flexibility index (Phi) is 4.71. The van der Waals surface area contributed by atoms with Crippen molar-refractivity contribution in [3.63, 3.8) is 0 Å². The predicted octanol–water partition coefficient (Wildman–Crippen LogP) is 5.86. The van der Waals surface area contributed by atoms with Crippen LogP contribution >= 0.6 is 0 Å². The first-order valence-electron chi connectivity index (χ1n) is 8.33. The van der Waals surface area contributed by atoms with E-state index in [1.807, 2.05) is 0 Å². The van der Waals surface area contributed by atoms with E-state index in [2.05, 4.69) is 80.2 Å². The first-order chi connectivity index (χ1) is 10.7. The van der Waals surface area contributed by atoms with Crippen LogP contribution < -0.4 is 0 Å². The molecule has 0 aliphatic rings. The topological polar surface area (TPSA) is 0 Å². The van der Waals surface area contributed by atoms with E-state index in [-0.39, 0.29) is 0 Å². The van der Waals surface area contributed by atoms with Gasteiger partial charge in [0.15, 0.2) is 0 Å². The molecule has 0 aliphatic carbocycles. The Labute approximate surface area is 142 Å². The molecule has 0 N–H and O–H groups in total. The monoisotopic (exact) mass is 304 g/mol. The minimum atomic E-state index is 1.15. The fourth-order valence-electron chi connectivity index (χ4n) is 3.16. The number of rotatable bonds is 0. The molecule has 0 aromatic heterocycles. The average molecular weight is 304 g/mol. The standard InChI is InChI=1S/C23H28/c1-13-12-22(19(7)15(3)14(13)2)10-11-23-20(8)17(5)16(4)18(6)21(23)9/h12H,1-9H3. The van der Waals surface area contributed by atoms with Gasteiger partial charge in [0, 0.05) is 11.1 Å². The molecular weight excluding hydrogens is 276 g/mol. The van der Waals surface area contributed by atoms with E-state index in [4.69, 9.17) is 0 Å². The van der Waals surface area contributed by atoms with Crippen LogP contribution in [0.2, 0.25) is 0 Å². The summed E-state index contributed by atoms with van der Waals surface area (Å²) in [6, 6.07) is 2.23. The van der Waals surface area contributed by atoms with E-state index < -0.39 is 0 Å². The van der Waals surface area contributed by atoms with E-state index in [1.54, 1.807) is 0 Å². The predicted molar refractivity (Wildman–Crippen MR) is 101 cm³/mol. The van der Waals surface area contributed by atoms with Gasteiger partial charge in [0.25, 0.3) is 0 Å². The second kappa shape index (κ2) is 6.25. The Balaban J connectivity index is 2.66. The van der Waals surface area contributed by atoms with Gasteiger partial charge in [-0.1, -0.05) is 11.8 Å². The van der Waals surface area contributed by atoms with Gasteiger partial charge in [-0.3, -0.25) is 0 Å². The van der Waals surface area contributed by atoms with Crippen molar-refractivity contribution in [1.29, 1.82) is 0 Å². The van der Waals surface area contributed by atoms with Gasteiger partial charge in [-0.05, 0) is 118 Å². The molecule has 0 atom stereocenters. The van der Waals surface area contributed by atoms with E-state index >= 15 is 0 Å². The Morgan fingerprint density at radius 3 is 1.43 bits per heavy atom. The molecule has 2 aromatic rings. The van der Waals surface area contributed by atoms with Gasteiger partial charge in [-0.15, -0.1) is 0 Å². The highest BCUT2D eigenvalue weighted by Crippen LogP contribution is 2.26. The Bertz CT molecular complexity index is 823. The highest BCUT2D eigenvalue weighted by atomic mass is 14.1. The van der Waals surface area contributed by atoms with E-state index in [0.29, 0.717) is 0 Å². The molecule has 0 heterocycles. The number of aryl methyl sites for hydroxylation is 1. The molecule has 0 heteroatoms. The zero-order chi connectivity index (χ0) is 17.5. The normalized spacial score (nSPS) is 10.5. The molecule has 0 aliphatic heterocycles. The van der Waals surface area contributed by atoms with E-state index in [9.17, 15) is 0 Å². The fraction of sp³-hybridized carbons (Fsp3) is 0.391. The number of hydrogen-bond acceptors (Lipinski definition) is 0. The quantitative estimate of drug-likeness (QED) is 0.535. The lowest BCUT2D eigenvalue weighted by molar-refractivity contribution is 1.16. The molecule has 2 rings (SSSR count). The number of benzene rings is 2. The van der Waals surface area contributed by atoms with Crippen molar-refractivity contribution in [2.24, 2.45) is 0 Å². The molecular formula is C23H28. The summed E-state index contributed by atoms with van der Waals surface area (Å²) in [5.41, 5.74) is 14.5. The Hall–Kier alpha value is -2.00. The van der Waals surface area contributed by atoms with Crippen molar-refractivity contribution >= 4 is 0 Å². The van der Waals surface area contributed by atoms with Gasteiger partial charge in [-0.2, -0.15) is 0 Å². The van der Waals surface area contributed by atoms with Gasteiger partial charge in [0.05, 0.1) is 0 Å². The lowest BCUT2D eigenvalue weighted by Gasteiger charge is -2.15. The third-order valence-corrected chi connectivity index (χ3v) is 5.80. The van der Waals surface area contributed by atoms with Crippen molar-refractivity contribution in [1.82, 2.24) is 0 Å². The van der Waals surface area contributed by atoms with Crippen LogP contribution in [0.3, 0.4) is 0 Å². The van der Waals surface area contributed by atoms with Crippen molar-refractivity contribution < 1.29 is 0 Å². The van der Waals surface area contributed by atoms with Crippen LogP contribution in [-0.2, 0) is 0 Å². The summed E-state index contributed by atoms with van der Waals surface area (Å²) in [7, 11) is 0. The van der Waals surface area contributed by atoms with Crippen molar-refractivity contribution in [2.45, 2.75) is 62.3 Å². The summed E-state index contributed by atoms with van der Waals surface area (Å²) < 4.78 is 0. The van der Waals surface area contributed by atoms with Crippen LogP contribution in [0.5, 0.6) is 0 Å². The maximum Gasteiger partial charge on any atom is 0.0312 e. The minimum Gasteiger partial charge on any atom is -0.0613 e. The van der Waals surface area contributed by atoms with Crippen LogP contribution in [0.4, 0.5) is 0 Å². The molecule has 2 aromatic carbocycles. The Morgan fingerprint density at radius 2 is 0.913 bits per heavy atom. The van der Waals surface area contributed by atoms with Gasteiger partial charge in [0.2, 0.25) is 0 Å². The Morgan fingerprint density at radius 1 is 0.478 bits per heavy atom. The molecule has 0 amide bonds. The van der Waals surface area contributed by atoms with Crippen LogP contribution in [0.25, 0.3) is 0 Å². The molecule has 0 spiro atoms. The molecule has 0 fully saturated rings. The molecule has 0 radical (unpaired) electrons. The highest BCUT2D eigenvalue weighted by molar-refractivity contribution is 5.59. The zero-order valence-electron chi connectivity index (χ0n) is 16.1. The second-order valence-electron chi connectivity index (χ2n) is 6.87. The summed E-state index contributed by atoms with van der Waals surface area (Å²) >= 11 is 0. The smallest absolute Gasteiger partial charge is 0.0312 e. The van der Waals surface area contributed by atoms with Crippen molar-refractivity contribution in [3.05, 3.63) is 67.3 Å². The first kappa shape index (κ1) is 17.4. The van der Waals surface area contributed by atoms with Crippen LogP contribution in [-0.4, -0.2) is 0 Å². The third-order valence-electron chi connectivity index (χ3n) is 5.80. The highest BCUT2D eigenvalue weighted by Gasteiger charge is 2.11. The van der Waals surface area contributed by atoms with Crippen molar-refractivity contribution in [3.8, 4) is 11.8 Å². The maximum atomic E-state index is 3.47. The minimum absolute atomic E-state index is 1.15.